The Labute approximate surface area is 213 Å². The molecule has 0 unspecified atom stereocenters. The molecule has 1 aliphatic heterocycles. The van der Waals surface area contributed by atoms with Gasteiger partial charge >= 0.3 is 0 Å². The summed E-state index contributed by atoms with van der Waals surface area (Å²) < 4.78 is 44.9. The molecule has 5 rings (SSSR count). The monoisotopic (exact) mass is 520 g/mol. The van der Waals surface area contributed by atoms with Gasteiger partial charge in [-0.05, 0) is 48.9 Å². The zero-order valence-electron chi connectivity index (χ0n) is 20.2. The van der Waals surface area contributed by atoms with Crippen LogP contribution < -0.4 is 19.8 Å². The average molecular weight is 521 g/mol. The van der Waals surface area contributed by atoms with E-state index in [2.05, 4.69) is 4.98 Å². The lowest BCUT2D eigenvalue weighted by Gasteiger charge is -2.23. The first-order valence-electron chi connectivity index (χ1n) is 11.4. The zero-order valence-corrected chi connectivity index (χ0v) is 21.0. The maximum atomic E-state index is 13.8. The number of Topliss-reactive ketones (excluding diaryl/α,β-unsaturated/α-hetero) is 1. The van der Waals surface area contributed by atoms with Crippen molar-refractivity contribution in [3.8, 4) is 17.2 Å². The third-order valence-electron chi connectivity index (χ3n) is 6.16. The van der Waals surface area contributed by atoms with E-state index in [1.54, 1.807) is 55.6 Å². The van der Waals surface area contributed by atoms with Crippen molar-refractivity contribution in [2.45, 2.75) is 24.9 Å². The summed E-state index contributed by atoms with van der Waals surface area (Å²) in [5.74, 6) is 1.47. The normalized spacial score (nSPS) is 12.7. The van der Waals surface area contributed by atoms with Crippen LogP contribution in [0.4, 0.5) is 0 Å². The van der Waals surface area contributed by atoms with E-state index in [4.69, 9.17) is 14.2 Å². The number of fused-ring (bicyclic) bond motifs is 2. The van der Waals surface area contributed by atoms with Crippen LogP contribution in [0.5, 0.6) is 17.2 Å². The van der Waals surface area contributed by atoms with E-state index in [0.717, 1.165) is 0 Å². The van der Waals surface area contributed by atoms with E-state index in [9.17, 15) is 18.0 Å². The Morgan fingerprint density at radius 2 is 1.73 bits per heavy atom. The lowest BCUT2D eigenvalue weighted by Crippen LogP contribution is -2.32. The Morgan fingerprint density at radius 1 is 1.00 bits per heavy atom. The minimum absolute atomic E-state index is 0.00472. The van der Waals surface area contributed by atoms with Crippen LogP contribution in [0, 0.1) is 0 Å². The quantitative estimate of drug-likeness (QED) is 0.351. The van der Waals surface area contributed by atoms with E-state index in [-0.39, 0.29) is 41.7 Å². The van der Waals surface area contributed by atoms with Crippen LogP contribution in [0.1, 0.15) is 28.4 Å². The number of aromatic nitrogens is 1. The fraction of sp³-hybridized carbons (Fsp3) is 0.185. The van der Waals surface area contributed by atoms with E-state index in [0.29, 0.717) is 33.7 Å². The smallest absolute Gasteiger partial charge is 0.252 e. The summed E-state index contributed by atoms with van der Waals surface area (Å²) in [5, 5.41) is 0.680. The van der Waals surface area contributed by atoms with E-state index >= 15 is 0 Å². The molecule has 1 N–H and O–H groups in total. The van der Waals surface area contributed by atoms with Crippen LogP contribution in [-0.2, 0) is 23.1 Å². The first-order valence-corrected chi connectivity index (χ1v) is 12.9. The number of pyridine rings is 1. The molecule has 10 heteroatoms. The topological polar surface area (TPSA) is 115 Å². The number of ether oxygens (including phenoxy) is 3. The predicted molar refractivity (Wildman–Crippen MR) is 137 cm³/mol. The van der Waals surface area contributed by atoms with Gasteiger partial charge in [0.25, 0.3) is 5.56 Å². The number of ketones is 1. The summed E-state index contributed by atoms with van der Waals surface area (Å²) in [6.45, 7) is 1.27. The summed E-state index contributed by atoms with van der Waals surface area (Å²) in [7, 11) is -2.55. The van der Waals surface area contributed by atoms with Gasteiger partial charge in [0.05, 0.1) is 17.5 Å². The van der Waals surface area contributed by atoms with Crippen molar-refractivity contribution in [1.29, 1.82) is 0 Å². The first kappa shape index (κ1) is 24.5. The van der Waals surface area contributed by atoms with Gasteiger partial charge < -0.3 is 19.2 Å². The van der Waals surface area contributed by atoms with Gasteiger partial charge in [-0.25, -0.2) is 8.42 Å². The van der Waals surface area contributed by atoms with Crippen molar-refractivity contribution in [3.63, 3.8) is 0 Å². The maximum absolute atomic E-state index is 13.8. The molecule has 190 valence electrons. The Hall–Kier alpha value is -4.15. The number of hydrogen-bond donors (Lipinski definition) is 1. The summed E-state index contributed by atoms with van der Waals surface area (Å²) in [5.41, 5.74) is 1.37. The fourth-order valence-corrected chi connectivity index (χ4v) is 5.59. The molecule has 1 aromatic heterocycles. The summed E-state index contributed by atoms with van der Waals surface area (Å²) in [6, 6.07) is 18.0. The number of benzene rings is 3. The highest BCUT2D eigenvalue weighted by Crippen LogP contribution is 2.35. The van der Waals surface area contributed by atoms with Crippen LogP contribution in [0.15, 0.2) is 76.4 Å². The molecule has 0 saturated carbocycles. The number of H-pyrrole nitrogens is 1. The number of aromatic amines is 1. The van der Waals surface area contributed by atoms with Gasteiger partial charge in [-0.2, -0.15) is 4.31 Å². The Balaban J connectivity index is 1.56. The zero-order chi connectivity index (χ0) is 26.2. The molecule has 0 radical (unpaired) electrons. The minimum Gasteiger partial charge on any atom is -0.497 e. The van der Waals surface area contributed by atoms with Crippen molar-refractivity contribution in [2.75, 3.05) is 13.9 Å². The van der Waals surface area contributed by atoms with Crippen LogP contribution >= 0.6 is 0 Å². The van der Waals surface area contributed by atoms with Gasteiger partial charge in [0, 0.05) is 35.7 Å². The largest absolute Gasteiger partial charge is 0.497 e. The third-order valence-corrected chi connectivity index (χ3v) is 7.95. The van der Waals surface area contributed by atoms with Crippen molar-refractivity contribution >= 4 is 26.7 Å². The Bertz CT molecular complexity index is 1660. The van der Waals surface area contributed by atoms with Crippen LogP contribution in [0.3, 0.4) is 0 Å². The highest BCUT2D eigenvalue weighted by Gasteiger charge is 2.27. The second-order valence-corrected chi connectivity index (χ2v) is 10.6. The molecule has 37 heavy (non-hydrogen) atoms. The molecular formula is C27H24N2O7S. The maximum Gasteiger partial charge on any atom is 0.252 e. The lowest BCUT2D eigenvalue weighted by molar-refractivity contribution is 0.101. The average Bonchev–Trinajstić information content (AvgIpc) is 3.35. The van der Waals surface area contributed by atoms with Crippen molar-refractivity contribution in [2.24, 2.45) is 0 Å². The fourth-order valence-electron chi connectivity index (χ4n) is 4.13. The number of carbonyl (C=O) groups is 1. The number of sulfonamides is 1. The van der Waals surface area contributed by atoms with Crippen molar-refractivity contribution < 1.29 is 27.4 Å². The number of hydrogen-bond acceptors (Lipinski definition) is 7. The van der Waals surface area contributed by atoms with Crippen molar-refractivity contribution in [3.05, 3.63) is 93.8 Å². The molecule has 0 fully saturated rings. The summed E-state index contributed by atoms with van der Waals surface area (Å²) >= 11 is 0. The molecule has 3 aromatic carbocycles. The number of nitrogens with zero attached hydrogens (tertiary/aromatic N) is 1. The molecule has 0 aliphatic carbocycles. The molecule has 0 atom stereocenters. The predicted octanol–water partition coefficient (Wildman–Crippen LogP) is 3.86. The van der Waals surface area contributed by atoms with Crippen LogP contribution in [-0.4, -0.2) is 37.4 Å². The molecule has 0 bridgehead atoms. The molecule has 1 aliphatic rings. The number of methoxy groups -OCH3 is 1. The molecule has 2 heterocycles. The molecule has 0 saturated heterocycles. The van der Waals surface area contributed by atoms with Crippen molar-refractivity contribution in [1.82, 2.24) is 9.29 Å². The van der Waals surface area contributed by atoms with Crippen LogP contribution in [0.25, 0.3) is 10.9 Å². The van der Waals surface area contributed by atoms with Gasteiger partial charge in [-0.15, -0.1) is 0 Å². The standard InChI is InChI=1S/C27H24N2O7S/c1-17(30)19-4-3-5-23(11-19)37(32,33)29(14-18-6-8-22(34-2)9-7-18)15-21-10-20-12-25-26(36-16-35-25)13-24(20)28-27(21)31/h3-13H,14-16H2,1-2H3,(H,28,31). The highest BCUT2D eigenvalue weighted by molar-refractivity contribution is 7.89. The number of carbonyl (C=O) groups excluding carboxylic acids is 1. The Morgan fingerprint density at radius 3 is 2.43 bits per heavy atom. The molecular weight excluding hydrogens is 496 g/mol. The third kappa shape index (κ3) is 4.93. The molecule has 0 amide bonds. The van der Waals surface area contributed by atoms with Gasteiger partial charge in [-0.3, -0.25) is 9.59 Å². The van der Waals surface area contributed by atoms with E-state index < -0.39 is 15.6 Å². The van der Waals surface area contributed by atoms with Gasteiger partial charge in [0.1, 0.15) is 5.75 Å². The van der Waals surface area contributed by atoms with E-state index in [1.807, 2.05) is 0 Å². The van der Waals surface area contributed by atoms with Gasteiger partial charge in [0.2, 0.25) is 16.8 Å². The second kappa shape index (κ2) is 9.72. The van der Waals surface area contributed by atoms with Gasteiger partial charge in [-0.1, -0.05) is 24.3 Å². The SMILES string of the molecule is COc1ccc(CN(Cc2cc3cc4c(cc3[nH]c2=O)OCO4)S(=O)(=O)c2cccc(C(C)=O)c2)cc1. The first-order chi connectivity index (χ1) is 17.7. The summed E-state index contributed by atoms with van der Waals surface area (Å²) in [6.07, 6.45) is 0. The second-order valence-electron chi connectivity index (χ2n) is 8.62. The lowest BCUT2D eigenvalue weighted by atomic mass is 10.1. The molecule has 4 aromatic rings. The number of rotatable bonds is 8. The highest BCUT2D eigenvalue weighted by atomic mass is 32.2. The minimum atomic E-state index is -4.10. The molecule has 0 spiro atoms. The molecule has 9 nitrogen and oxygen atoms in total. The number of nitrogens with one attached hydrogen (secondary N) is 1. The Kier molecular flexibility index (Phi) is 6.45. The van der Waals surface area contributed by atoms with Gasteiger partial charge in [0.15, 0.2) is 17.3 Å². The van der Waals surface area contributed by atoms with Crippen LogP contribution in [0.2, 0.25) is 0 Å². The summed E-state index contributed by atoms with van der Waals surface area (Å²) in [4.78, 5) is 27.7. The van der Waals surface area contributed by atoms with E-state index in [1.165, 1.54) is 29.4 Å².